The first-order valence-electron chi connectivity index (χ1n) is 3.95. The summed E-state index contributed by atoms with van der Waals surface area (Å²) in [5.74, 6) is 8.83. The second-order valence-electron chi connectivity index (χ2n) is 2.74. The molecule has 2 amide bonds. The number of hydrazine groups is 1. The van der Waals surface area contributed by atoms with Crippen LogP contribution in [0.1, 0.15) is 5.56 Å². The molecule has 0 unspecified atom stereocenters. The van der Waals surface area contributed by atoms with Gasteiger partial charge in [-0.1, -0.05) is 22.0 Å². The number of hydrogen-bond acceptors (Lipinski definition) is 2. The number of benzene rings is 1. The Bertz CT molecular complexity index is 355. The highest BCUT2D eigenvalue weighted by Crippen LogP contribution is 2.25. The molecule has 0 saturated heterocycles. The number of carbonyl (C=O) groups excluding carboxylic acids is 1. The highest BCUT2D eigenvalue weighted by Gasteiger charge is 2.14. The molecule has 1 aromatic rings. The van der Waals surface area contributed by atoms with Gasteiger partial charge in [-0.3, -0.25) is 5.84 Å². The molecule has 1 rings (SSSR count). The maximum Gasteiger partial charge on any atom is 0.380 e. The Morgan fingerprint density at radius 1 is 1.64 bits per heavy atom. The van der Waals surface area contributed by atoms with Crippen molar-refractivity contribution in [3.63, 3.8) is 0 Å². The maximum absolute atomic E-state index is 11.2. The summed E-state index contributed by atoms with van der Waals surface area (Å²) < 4.78 is 0.905. The summed E-state index contributed by atoms with van der Waals surface area (Å²) in [5.41, 5.74) is 3.75. The van der Waals surface area contributed by atoms with Gasteiger partial charge in [-0.05, 0) is 24.6 Å². The van der Waals surface area contributed by atoms with Crippen LogP contribution in [-0.4, -0.2) is 6.03 Å². The maximum atomic E-state index is 11.2. The number of halogens is 1. The predicted molar refractivity (Wildman–Crippen MR) is 57.0 cm³/mol. The number of quaternary nitrogens is 1. The van der Waals surface area contributed by atoms with Crippen molar-refractivity contribution in [2.45, 2.75) is 6.92 Å². The van der Waals surface area contributed by atoms with Crippen LogP contribution >= 0.6 is 15.9 Å². The van der Waals surface area contributed by atoms with Crippen molar-refractivity contribution in [1.82, 2.24) is 5.43 Å². The first kappa shape index (κ1) is 11.0. The van der Waals surface area contributed by atoms with E-state index in [1.54, 1.807) is 6.07 Å². The molecular formula is C8H12BrN4O+. The van der Waals surface area contributed by atoms with Crippen molar-refractivity contribution in [2.75, 3.05) is 5.01 Å². The molecule has 0 aromatic heterocycles. The predicted octanol–water partition coefficient (Wildman–Crippen LogP) is 0.304. The van der Waals surface area contributed by atoms with Gasteiger partial charge >= 0.3 is 6.03 Å². The fraction of sp³-hybridized carbons (Fsp3) is 0.125. The van der Waals surface area contributed by atoms with E-state index in [0.29, 0.717) is 5.69 Å². The van der Waals surface area contributed by atoms with E-state index in [2.05, 4.69) is 27.2 Å². The van der Waals surface area contributed by atoms with Gasteiger partial charge < -0.3 is 0 Å². The average Bonchev–Trinajstić information content (AvgIpc) is 2.20. The van der Waals surface area contributed by atoms with Gasteiger partial charge in [-0.15, -0.1) is 0 Å². The third-order valence-corrected chi connectivity index (χ3v) is 2.73. The zero-order chi connectivity index (χ0) is 10.7. The largest absolute Gasteiger partial charge is 0.380 e. The molecule has 14 heavy (non-hydrogen) atoms. The van der Waals surface area contributed by atoms with E-state index >= 15 is 0 Å². The third-order valence-electron chi connectivity index (χ3n) is 1.87. The lowest BCUT2D eigenvalue weighted by atomic mass is 10.2. The van der Waals surface area contributed by atoms with Gasteiger partial charge in [0.1, 0.15) is 0 Å². The molecule has 0 saturated carbocycles. The van der Waals surface area contributed by atoms with Crippen LogP contribution < -0.4 is 22.1 Å². The molecule has 0 atom stereocenters. The zero-order valence-electron chi connectivity index (χ0n) is 7.75. The van der Waals surface area contributed by atoms with Gasteiger partial charge in [-0.25, -0.2) is 15.6 Å². The summed E-state index contributed by atoms with van der Waals surface area (Å²) in [7, 11) is 0. The first-order chi connectivity index (χ1) is 6.57. The normalized spacial score (nSPS) is 9.71. The van der Waals surface area contributed by atoms with Crippen molar-refractivity contribution in [3.05, 3.63) is 28.2 Å². The topological polar surface area (TPSA) is 86.0 Å². The van der Waals surface area contributed by atoms with Crippen LogP contribution in [0.2, 0.25) is 0 Å². The fourth-order valence-corrected chi connectivity index (χ4v) is 1.41. The fourth-order valence-electron chi connectivity index (χ4n) is 1.05. The molecule has 0 heterocycles. The number of amides is 2. The molecule has 0 radical (unpaired) electrons. The molecule has 6 N–H and O–H groups in total. The minimum absolute atomic E-state index is 0.453. The van der Waals surface area contributed by atoms with Crippen LogP contribution in [0.5, 0.6) is 0 Å². The minimum atomic E-state index is -0.453. The second kappa shape index (κ2) is 4.41. The SMILES string of the molecule is Cc1c(Br)cccc1N(N)C(=O)N[NH3+]. The van der Waals surface area contributed by atoms with Crippen LogP contribution in [0.15, 0.2) is 22.7 Å². The number of carbonyl (C=O) groups is 1. The van der Waals surface area contributed by atoms with E-state index < -0.39 is 6.03 Å². The Morgan fingerprint density at radius 3 is 2.86 bits per heavy atom. The molecule has 6 heteroatoms. The van der Waals surface area contributed by atoms with E-state index in [0.717, 1.165) is 15.0 Å². The lowest BCUT2D eigenvalue weighted by Gasteiger charge is -2.17. The standard InChI is InChI=1S/C8H11BrN4O/c1-5-6(9)3-2-4-7(5)13(11)8(14)12-10/h2-4H,10-11H2,1H3,(H,12,14)/p+1. The number of nitrogens with zero attached hydrogens (tertiary/aromatic N) is 1. The summed E-state index contributed by atoms with van der Waals surface area (Å²) in [4.78, 5) is 11.2. The number of nitrogens with two attached hydrogens (primary N) is 1. The van der Waals surface area contributed by atoms with E-state index in [4.69, 9.17) is 5.84 Å². The monoisotopic (exact) mass is 259 g/mol. The smallest absolute Gasteiger partial charge is 0.253 e. The van der Waals surface area contributed by atoms with Crippen LogP contribution in [-0.2, 0) is 0 Å². The highest BCUT2D eigenvalue weighted by molar-refractivity contribution is 9.10. The van der Waals surface area contributed by atoms with Gasteiger partial charge in [0.25, 0.3) is 0 Å². The summed E-state index contributed by atoms with van der Waals surface area (Å²) in [6.07, 6.45) is 0. The Hall–Kier alpha value is -1.11. The van der Waals surface area contributed by atoms with E-state index in [-0.39, 0.29) is 0 Å². The summed E-state index contributed by atoms with van der Waals surface area (Å²) in [6, 6.07) is 5.00. The minimum Gasteiger partial charge on any atom is -0.253 e. The molecule has 0 spiro atoms. The summed E-state index contributed by atoms with van der Waals surface area (Å²) in [6.45, 7) is 1.87. The molecule has 76 valence electrons. The lowest BCUT2D eigenvalue weighted by Crippen LogP contribution is -2.70. The Labute approximate surface area is 90.1 Å². The Kier molecular flexibility index (Phi) is 3.45. The van der Waals surface area contributed by atoms with Crippen molar-refractivity contribution >= 4 is 27.6 Å². The van der Waals surface area contributed by atoms with Gasteiger partial charge in [0, 0.05) is 4.47 Å². The van der Waals surface area contributed by atoms with Crippen molar-refractivity contribution in [3.8, 4) is 0 Å². The van der Waals surface area contributed by atoms with Gasteiger partial charge in [-0.2, -0.15) is 5.43 Å². The number of hydrogen-bond donors (Lipinski definition) is 3. The highest BCUT2D eigenvalue weighted by atomic mass is 79.9. The van der Waals surface area contributed by atoms with Crippen LogP contribution in [0.4, 0.5) is 10.5 Å². The summed E-state index contributed by atoms with van der Waals surface area (Å²) >= 11 is 3.36. The number of anilines is 1. The van der Waals surface area contributed by atoms with Crippen LogP contribution in [0.25, 0.3) is 0 Å². The quantitative estimate of drug-likeness (QED) is 0.385. The van der Waals surface area contributed by atoms with Crippen molar-refractivity contribution in [2.24, 2.45) is 5.84 Å². The molecule has 0 aliphatic carbocycles. The van der Waals surface area contributed by atoms with Gasteiger partial charge in [0.15, 0.2) is 0 Å². The zero-order valence-corrected chi connectivity index (χ0v) is 9.34. The van der Waals surface area contributed by atoms with E-state index in [1.807, 2.05) is 19.1 Å². The van der Waals surface area contributed by atoms with E-state index in [9.17, 15) is 4.79 Å². The molecule has 0 aliphatic heterocycles. The summed E-state index contributed by atoms with van der Waals surface area (Å²) in [5, 5.41) is 1.02. The molecule has 0 aliphatic rings. The molecule has 5 nitrogen and oxygen atoms in total. The van der Waals surface area contributed by atoms with Crippen LogP contribution in [0.3, 0.4) is 0 Å². The third kappa shape index (κ3) is 2.03. The first-order valence-corrected chi connectivity index (χ1v) is 4.74. The average molecular weight is 260 g/mol. The van der Waals surface area contributed by atoms with Gasteiger partial charge in [0.05, 0.1) is 5.69 Å². The number of nitrogens with one attached hydrogen (secondary N) is 1. The van der Waals surface area contributed by atoms with Gasteiger partial charge in [0.2, 0.25) is 0 Å². The van der Waals surface area contributed by atoms with Crippen LogP contribution in [0, 0.1) is 6.92 Å². The molecule has 0 bridgehead atoms. The Morgan fingerprint density at radius 2 is 2.29 bits per heavy atom. The molecular weight excluding hydrogens is 248 g/mol. The van der Waals surface area contributed by atoms with E-state index in [1.165, 1.54) is 0 Å². The number of urea groups is 1. The molecule has 0 fully saturated rings. The van der Waals surface area contributed by atoms with Crippen molar-refractivity contribution < 1.29 is 10.6 Å². The van der Waals surface area contributed by atoms with Crippen molar-refractivity contribution in [1.29, 1.82) is 0 Å². The lowest BCUT2D eigenvalue weighted by molar-refractivity contribution is -0.422. The Balaban J connectivity index is 3.07. The number of rotatable bonds is 1. The second-order valence-corrected chi connectivity index (χ2v) is 3.59. The molecule has 1 aromatic carbocycles.